The van der Waals surface area contributed by atoms with Gasteiger partial charge in [-0.2, -0.15) is 0 Å². The van der Waals surface area contributed by atoms with Gasteiger partial charge < -0.3 is 25.3 Å². The largest absolute Gasteiger partial charge is 0.450 e. The van der Waals surface area contributed by atoms with Gasteiger partial charge >= 0.3 is 6.09 Å². The molecule has 1 amide bonds. The summed E-state index contributed by atoms with van der Waals surface area (Å²) < 4.78 is 6.99. The number of alkyl carbamates (subject to hydrolysis) is 1. The van der Waals surface area contributed by atoms with Gasteiger partial charge in [-0.3, -0.25) is 4.99 Å². The molecule has 1 atom stereocenters. The minimum absolute atomic E-state index is 0.0304. The van der Waals surface area contributed by atoms with Gasteiger partial charge in [0.2, 0.25) is 0 Å². The summed E-state index contributed by atoms with van der Waals surface area (Å²) in [6.07, 6.45) is 3.05. The van der Waals surface area contributed by atoms with Gasteiger partial charge in [-0.1, -0.05) is 20.8 Å². The van der Waals surface area contributed by atoms with Crippen molar-refractivity contribution in [3.63, 3.8) is 0 Å². The Balaban J connectivity index is 2.44. The Bertz CT molecular complexity index is 557. The molecule has 9 nitrogen and oxygen atoms in total. The normalized spacial score (nSPS) is 12.8. The molecule has 0 aromatic carbocycles. The number of ether oxygens (including phenoxy) is 1. The lowest BCUT2D eigenvalue weighted by Gasteiger charge is -2.22. The highest BCUT2D eigenvalue weighted by Gasteiger charge is 2.15. The first kappa shape index (κ1) is 21.7. The summed E-state index contributed by atoms with van der Waals surface area (Å²) in [5, 5.41) is 17.4. The first-order valence-corrected chi connectivity index (χ1v) is 9.24. The second-order valence-corrected chi connectivity index (χ2v) is 6.37. The second-order valence-electron chi connectivity index (χ2n) is 6.37. The number of amides is 1. The van der Waals surface area contributed by atoms with Crippen LogP contribution in [0.1, 0.15) is 39.9 Å². The molecule has 0 radical (unpaired) electrons. The molecule has 0 spiro atoms. The van der Waals surface area contributed by atoms with Crippen molar-refractivity contribution in [3.05, 3.63) is 12.2 Å². The molecule has 0 aliphatic rings. The highest BCUT2D eigenvalue weighted by Crippen LogP contribution is 2.04. The minimum Gasteiger partial charge on any atom is -0.450 e. The summed E-state index contributed by atoms with van der Waals surface area (Å²) in [6.45, 7) is 10.5. The summed E-state index contributed by atoms with van der Waals surface area (Å²) in [7, 11) is 1.72. The van der Waals surface area contributed by atoms with Crippen molar-refractivity contribution in [1.29, 1.82) is 0 Å². The fourth-order valence-electron chi connectivity index (χ4n) is 2.58. The van der Waals surface area contributed by atoms with Crippen LogP contribution in [-0.4, -0.2) is 59.6 Å². The maximum Gasteiger partial charge on any atom is 0.407 e. The molecular formula is C17H33N7O2. The van der Waals surface area contributed by atoms with Crippen molar-refractivity contribution in [2.24, 2.45) is 10.9 Å². The Kier molecular flexibility index (Phi) is 10.1. The van der Waals surface area contributed by atoms with E-state index in [-0.39, 0.29) is 12.1 Å². The van der Waals surface area contributed by atoms with Crippen LogP contribution in [0.15, 0.2) is 11.3 Å². The Hall–Kier alpha value is -2.32. The van der Waals surface area contributed by atoms with E-state index in [0.717, 1.165) is 25.2 Å². The highest BCUT2D eigenvalue weighted by molar-refractivity contribution is 5.79. The van der Waals surface area contributed by atoms with Crippen molar-refractivity contribution in [3.8, 4) is 0 Å². The van der Waals surface area contributed by atoms with Crippen LogP contribution in [0.4, 0.5) is 4.79 Å². The third kappa shape index (κ3) is 8.17. The van der Waals surface area contributed by atoms with E-state index in [1.807, 2.05) is 4.57 Å². The van der Waals surface area contributed by atoms with Gasteiger partial charge in [0.15, 0.2) is 5.96 Å². The number of aromatic nitrogens is 3. The van der Waals surface area contributed by atoms with Crippen LogP contribution in [0.3, 0.4) is 0 Å². The number of nitrogens with zero attached hydrogens (tertiary/aromatic N) is 4. The van der Waals surface area contributed by atoms with E-state index in [1.165, 1.54) is 0 Å². The van der Waals surface area contributed by atoms with Crippen LogP contribution >= 0.6 is 0 Å². The first-order chi connectivity index (χ1) is 12.5. The maximum absolute atomic E-state index is 11.7. The van der Waals surface area contributed by atoms with Crippen LogP contribution in [0.2, 0.25) is 0 Å². The van der Waals surface area contributed by atoms with Crippen LogP contribution < -0.4 is 16.0 Å². The SMILES string of the molecule is CCOC(=O)NC(CNC(=NC)NCCn1cnnc1CC)CC(C)C. The summed E-state index contributed by atoms with van der Waals surface area (Å²) in [5.41, 5.74) is 0. The molecule has 0 saturated heterocycles. The molecule has 1 heterocycles. The van der Waals surface area contributed by atoms with Crippen LogP contribution in [0.25, 0.3) is 0 Å². The zero-order valence-corrected chi connectivity index (χ0v) is 16.6. The number of guanidine groups is 1. The van der Waals surface area contributed by atoms with Gasteiger partial charge in [-0.05, 0) is 19.3 Å². The summed E-state index contributed by atoms with van der Waals surface area (Å²) >= 11 is 0. The molecule has 0 fully saturated rings. The Morgan fingerprint density at radius 1 is 1.35 bits per heavy atom. The summed E-state index contributed by atoms with van der Waals surface area (Å²) in [6, 6.07) is -0.0304. The molecule has 0 aliphatic heterocycles. The molecule has 0 saturated carbocycles. The lowest BCUT2D eigenvalue weighted by atomic mass is 10.0. The summed E-state index contributed by atoms with van der Waals surface area (Å²) in [5.74, 6) is 2.11. The Morgan fingerprint density at radius 2 is 2.12 bits per heavy atom. The molecule has 9 heteroatoms. The molecule has 148 valence electrons. The van der Waals surface area contributed by atoms with Crippen molar-refractivity contribution in [2.75, 3.05) is 26.7 Å². The maximum atomic E-state index is 11.7. The van der Waals surface area contributed by atoms with Crippen LogP contribution in [-0.2, 0) is 17.7 Å². The lowest BCUT2D eigenvalue weighted by Crippen LogP contribution is -2.48. The molecule has 0 aliphatic carbocycles. The Labute approximate surface area is 156 Å². The number of carbonyl (C=O) groups excluding carboxylic acids is 1. The monoisotopic (exact) mass is 367 g/mol. The number of nitrogens with one attached hydrogen (secondary N) is 3. The molecule has 1 aromatic rings. The van der Waals surface area contributed by atoms with E-state index in [4.69, 9.17) is 4.74 Å². The smallest absolute Gasteiger partial charge is 0.407 e. The van der Waals surface area contributed by atoms with E-state index >= 15 is 0 Å². The van der Waals surface area contributed by atoms with E-state index in [9.17, 15) is 4.79 Å². The number of hydrogen-bond acceptors (Lipinski definition) is 5. The topological polar surface area (TPSA) is 105 Å². The number of aliphatic imine (C=N–C) groups is 1. The van der Waals surface area contributed by atoms with Gasteiger partial charge in [0.25, 0.3) is 0 Å². The summed E-state index contributed by atoms with van der Waals surface area (Å²) in [4.78, 5) is 15.9. The van der Waals surface area contributed by atoms with Crippen molar-refractivity contribution in [2.45, 2.75) is 53.1 Å². The third-order valence-electron chi connectivity index (χ3n) is 3.75. The Morgan fingerprint density at radius 3 is 2.73 bits per heavy atom. The zero-order chi connectivity index (χ0) is 19.4. The average molecular weight is 367 g/mol. The minimum atomic E-state index is -0.386. The quantitative estimate of drug-likeness (QED) is 0.423. The molecule has 3 N–H and O–H groups in total. The van der Waals surface area contributed by atoms with Gasteiger partial charge in [0.1, 0.15) is 12.2 Å². The zero-order valence-electron chi connectivity index (χ0n) is 16.6. The van der Waals surface area contributed by atoms with Crippen LogP contribution in [0.5, 0.6) is 0 Å². The van der Waals surface area contributed by atoms with Gasteiger partial charge in [-0.25, -0.2) is 4.79 Å². The fraction of sp³-hybridized carbons (Fsp3) is 0.765. The predicted molar refractivity (Wildman–Crippen MR) is 102 cm³/mol. The molecule has 26 heavy (non-hydrogen) atoms. The molecular weight excluding hydrogens is 334 g/mol. The van der Waals surface area contributed by atoms with E-state index < -0.39 is 0 Å². The third-order valence-corrected chi connectivity index (χ3v) is 3.75. The van der Waals surface area contributed by atoms with Gasteiger partial charge in [-0.15, -0.1) is 10.2 Å². The van der Waals surface area contributed by atoms with E-state index in [2.05, 4.69) is 51.9 Å². The standard InChI is InChI=1S/C17H33N7O2/c1-6-15-23-21-12-24(15)9-8-19-16(18-5)20-11-14(10-13(3)4)22-17(25)26-7-2/h12-14H,6-11H2,1-5H3,(H,22,25)(H2,18,19,20). The number of aryl methyl sites for hydroxylation is 1. The van der Waals surface area contributed by atoms with Gasteiger partial charge in [0.05, 0.1) is 6.61 Å². The first-order valence-electron chi connectivity index (χ1n) is 9.24. The number of rotatable bonds is 10. The second kappa shape index (κ2) is 12.1. The van der Waals surface area contributed by atoms with E-state index in [0.29, 0.717) is 31.6 Å². The highest BCUT2D eigenvalue weighted by atomic mass is 16.5. The molecule has 1 rings (SSSR count). The fourth-order valence-corrected chi connectivity index (χ4v) is 2.58. The molecule has 1 aromatic heterocycles. The lowest BCUT2D eigenvalue weighted by molar-refractivity contribution is 0.146. The predicted octanol–water partition coefficient (Wildman–Crippen LogP) is 1.17. The van der Waals surface area contributed by atoms with Crippen molar-refractivity contribution < 1.29 is 9.53 Å². The van der Waals surface area contributed by atoms with E-state index in [1.54, 1.807) is 20.3 Å². The van der Waals surface area contributed by atoms with Gasteiger partial charge in [0, 0.05) is 39.1 Å². The van der Waals surface area contributed by atoms with Crippen molar-refractivity contribution in [1.82, 2.24) is 30.7 Å². The van der Waals surface area contributed by atoms with Crippen molar-refractivity contribution >= 4 is 12.1 Å². The molecule has 1 unspecified atom stereocenters. The average Bonchev–Trinajstić information content (AvgIpc) is 3.04. The number of carbonyl (C=O) groups is 1. The molecule has 0 bridgehead atoms. The number of hydrogen-bond donors (Lipinski definition) is 3. The van der Waals surface area contributed by atoms with Crippen LogP contribution in [0, 0.1) is 5.92 Å².